The summed E-state index contributed by atoms with van der Waals surface area (Å²) in [6.07, 6.45) is 2.05. The summed E-state index contributed by atoms with van der Waals surface area (Å²) < 4.78 is 5.15. The van der Waals surface area contributed by atoms with E-state index >= 15 is 0 Å². The summed E-state index contributed by atoms with van der Waals surface area (Å²) in [5, 5.41) is 15.6. The molecule has 1 amide bonds. The number of carbonyl (C=O) groups excluding carboxylic acids is 1. The molecule has 0 spiro atoms. The van der Waals surface area contributed by atoms with Crippen LogP contribution in [0.2, 0.25) is 0 Å². The molecule has 9 heteroatoms. The number of anilines is 3. The zero-order valence-electron chi connectivity index (χ0n) is 16.5. The Bertz CT molecular complexity index is 945. The van der Waals surface area contributed by atoms with Gasteiger partial charge in [0, 0.05) is 37.9 Å². The van der Waals surface area contributed by atoms with E-state index in [9.17, 15) is 4.79 Å². The van der Waals surface area contributed by atoms with E-state index in [1.54, 1.807) is 6.20 Å². The predicted octanol–water partition coefficient (Wildman–Crippen LogP) is 2.11. The van der Waals surface area contributed by atoms with Crippen molar-refractivity contribution in [3.8, 4) is 0 Å². The lowest BCUT2D eigenvalue weighted by Gasteiger charge is -2.35. The van der Waals surface area contributed by atoms with Crippen LogP contribution in [0.25, 0.3) is 0 Å². The minimum absolute atomic E-state index is 0.0973. The lowest BCUT2D eigenvalue weighted by atomic mass is 10.1. The van der Waals surface area contributed by atoms with Crippen molar-refractivity contribution < 1.29 is 9.32 Å². The number of aromatic nitrogens is 4. The van der Waals surface area contributed by atoms with Gasteiger partial charge in [0.25, 0.3) is 0 Å². The molecule has 1 aliphatic heterocycles. The molecule has 0 aliphatic carbocycles. The van der Waals surface area contributed by atoms with Crippen molar-refractivity contribution >= 4 is 23.4 Å². The normalized spacial score (nSPS) is 14.1. The molecule has 4 heterocycles. The Morgan fingerprint density at radius 3 is 2.52 bits per heavy atom. The first kappa shape index (κ1) is 18.9. The van der Waals surface area contributed by atoms with E-state index in [0.29, 0.717) is 31.1 Å². The highest BCUT2D eigenvalue weighted by Crippen LogP contribution is 2.18. The molecule has 0 bridgehead atoms. The molecular formula is C20H23N7O2. The van der Waals surface area contributed by atoms with Gasteiger partial charge in [-0.3, -0.25) is 4.79 Å². The van der Waals surface area contributed by atoms with E-state index in [-0.39, 0.29) is 5.91 Å². The van der Waals surface area contributed by atoms with E-state index in [2.05, 4.69) is 30.6 Å². The van der Waals surface area contributed by atoms with Crippen LogP contribution in [0.3, 0.4) is 0 Å². The van der Waals surface area contributed by atoms with E-state index < -0.39 is 0 Å². The number of carbonyl (C=O) groups is 1. The van der Waals surface area contributed by atoms with Crippen molar-refractivity contribution in [1.29, 1.82) is 0 Å². The molecule has 1 fully saturated rings. The summed E-state index contributed by atoms with van der Waals surface area (Å²) >= 11 is 0. The summed E-state index contributed by atoms with van der Waals surface area (Å²) in [5.41, 5.74) is 1.67. The van der Waals surface area contributed by atoms with Crippen molar-refractivity contribution in [2.75, 3.05) is 36.4 Å². The number of pyridine rings is 1. The molecule has 1 aliphatic rings. The van der Waals surface area contributed by atoms with Crippen LogP contribution < -0.4 is 10.2 Å². The van der Waals surface area contributed by atoms with Gasteiger partial charge in [-0.25, -0.2) is 4.98 Å². The van der Waals surface area contributed by atoms with Gasteiger partial charge in [0.05, 0.1) is 12.1 Å². The van der Waals surface area contributed by atoms with Crippen LogP contribution in [0.15, 0.2) is 41.1 Å². The zero-order chi connectivity index (χ0) is 20.2. The third kappa shape index (κ3) is 4.34. The zero-order valence-corrected chi connectivity index (χ0v) is 16.5. The topological polar surface area (TPSA) is 100 Å². The molecule has 0 aromatic carbocycles. The second-order valence-electron chi connectivity index (χ2n) is 6.96. The van der Waals surface area contributed by atoms with Gasteiger partial charge in [0.2, 0.25) is 5.91 Å². The highest BCUT2D eigenvalue weighted by atomic mass is 16.5. The first-order valence-electron chi connectivity index (χ1n) is 9.56. The molecule has 9 nitrogen and oxygen atoms in total. The number of hydrogen-bond acceptors (Lipinski definition) is 8. The average Bonchev–Trinajstić information content (AvgIpc) is 3.07. The molecule has 150 valence electrons. The first-order chi connectivity index (χ1) is 14.1. The van der Waals surface area contributed by atoms with Crippen molar-refractivity contribution in [3.05, 3.63) is 53.5 Å². The Morgan fingerprint density at radius 2 is 1.90 bits per heavy atom. The Morgan fingerprint density at radius 1 is 1.07 bits per heavy atom. The maximum Gasteiger partial charge on any atom is 0.227 e. The Hall–Kier alpha value is -3.49. The molecule has 29 heavy (non-hydrogen) atoms. The van der Waals surface area contributed by atoms with Gasteiger partial charge in [0.1, 0.15) is 11.6 Å². The summed E-state index contributed by atoms with van der Waals surface area (Å²) in [5.74, 6) is 2.97. The molecule has 3 aromatic heterocycles. The van der Waals surface area contributed by atoms with Crippen LogP contribution in [0.4, 0.5) is 17.5 Å². The summed E-state index contributed by atoms with van der Waals surface area (Å²) in [4.78, 5) is 20.9. The predicted molar refractivity (Wildman–Crippen MR) is 108 cm³/mol. The monoisotopic (exact) mass is 393 g/mol. The summed E-state index contributed by atoms with van der Waals surface area (Å²) in [6, 6.07) is 9.45. The quantitative estimate of drug-likeness (QED) is 0.703. The number of piperazine rings is 1. The molecule has 0 saturated carbocycles. The summed E-state index contributed by atoms with van der Waals surface area (Å²) in [7, 11) is 0. The third-order valence-electron chi connectivity index (χ3n) is 5.04. The molecule has 3 aromatic rings. The highest BCUT2D eigenvalue weighted by Gasteiger charge is 2.24. The molecule has 0 radical (unpaired) electrons. The minimum atomic E-state index is 0.0973. The number of nitrogens with zero attached hydrogens (tertiary/aromatic N) is 6. The van der Waals surface area contributed by atoms with Gasteiger partial charge in [-0.05, 0) is 38.1 Å². The standard InChI is InChI=1S/C20H23N7O2/c1-14-16(15(2)29-25-14)13-20(28)27-11-9-26(10-12-27)19-7-6-18(23-24-19)22-17-5-3-4-8-21-17/h3-8H,9-13H2,1-2H3,(H,21,22,23). The Labute approximate surface area is 168 Å². The fourth-order valence-corrected chi connectivity index (χ4v) is 3.33. The lowest BCUT2D eigenvalue weighted by Crippen LogP contribution is -2.49. The van der Waals surface area contributed by atoms with Crippen LogP contribution in [0, 0.1) is 13.8 Å². The van der Waals surface area contributed by atoms with Crippen LogP contribution in [0.1, 0.15) is 17.0 Å². The SMILES string of the molecule is Cc1noc(C)c1CC(=O)N1CCN(c2ccc(Nc3ccccn3)nn2)CC1. The van der Waals surface area contributed by atoms with Crippen molar-refractivity contribution in [2.24, 2.45) is 0 Å². The van der Waals surface area contributed by atoms with Crippen LogP contribution in [-0.4, -0.2) is 57.3 Å². The fourth-order valence-electron chi connectivity index (χ4n) is 3.33. The van der Waals surface area contributed by atoms with Gasteiger partial charge >= 0.3 is 0 Å². The molecule has 4 rings (SSSR count). The largest absolute Gasteiger partial charge is 0.361 e. The fraction of sp³-hybridized carbons (Fsp3) is 0.350. The molecule has 1 N–H and O–H groups in total. The van der Waals surface area contributed by atoms with Gasteiger partial charge in [0.15, 0.2) is 11.6 Å². The van der Waals surface area contributed by atoms with Gasteiger partial charge in [-0.1, -0.05) is 11.2 Å². The molecule has 1 saturated heterocycles. The number of hydrogen-bond donors (Lipinski definition) is 1. The van der Waals surface area contributed by atoms with E-state index in [0.717, 1.165) is 36.0 Å². The lowest BCUT2D eigenvalue weighted by molar-refractivity contribution is -0.130. The average molecular weight is 393 g/mol. The smallest absolute Gasteiger partial charge is 0.227 e. The maximum absolute atomic E-state index is 12.6. The van der Waals surface area contributed by atoms with Crippen LogP contribution in [-0.2, 0) is 11.2 Å². The van der Waals surface area contributed by atoms with E-state index in [1.165, 1.54) is 0 Å². The van der Waals surface area contributed by atoms with Gasteiger partial charge in [-0.2, -0.15) is 0 Å². The molecule has 0 unspecified atom stereocenters. The third-order valence-corrected chi connectivity index (χ3v) is 5.04. The minimum Gasteiger partial charge on any atom is -0.361 e. The van der Waals surface area contributed by atoms with Crippen LogP contribution >= 0.6 is 0 Å². The number of aryl methyl sites for hydroxylation is 2. The summed E-state index contributed by atoms with van der Waals surface area (Å²) in [6.45, 7) is 6.44. The maximum atomic E-state index is 12.6. The van der Waals surface area contributed by atoms with E-state index in [4.69, 9.17) is 4.52 Å². The highest BCUT2D eigenvalue weighted by molar-refractivity contribution is 5.79. The number of nitrogens with one attached hydrogen (secondary N) is 1. The van der Waals surface area contributed by atoms with E-state index in [1.807, 2.05) is 49.1 Å². The second kappa shape index (κ2) is 8.26. The Kier molecular flexibility index (Phi) is 5.37. The molecule has 0 atom stereocenters. The molecular weight excluding hydrogens is 370 g/mol. The van der Waals surface area contributed by atoms with Crippen molar-refractivity contribution in [2.45, 2.75) is 20.3 Å². The van der Waals surface area contributed by atoms with Crippen LogP contribution in [0.5, 0.6) is 0 Å². The Balaban J connectivity index is 1.31. The number of rotatable bonds is 5. The van der Waals surface area contributed by atoms with Gasteiger partial charge < -0.3 is 19.6 Å². The van der Waals surface area contributed by atoms with Crippen molar-refractivity contribution in [3.63, 3.8) is 0 Å². The number of amides is 1. The second-order valence-corrected chi connectivity index (χ2v) is 6.96. The van der Waals surface area contributed by atoms with Gasteiger partial charge in [-0.15, -0.1) is 10.2 Å². The van der Waals surface area contributed by atoms with Crippen molar-refractivity contribution in [1.82, 2.24) is 25.2 Å². The first-order valence-corrected chi connectivity index (χ1v) is 9.56.